The molecule has 0 saturated carbocycles. The average molecular weight is 194 g/mol. The molecular weight excluding hydrogens is 178 g/mol. The third kappa shape index (κ3) is 4.91. The second-order valence-corrected chi connectivity index (χ2v) is 3.64. The van der Waals surface area contributed by atoms with Crippen LogP contribution in [0.3, 0.4) is 0 Å². The number of halogens is 1. The van der Waals surface area contributed by atoms with Gasteiger partial charge in [0.15, 0.2) is 0 Å². The summed E-state index contributed by atoms with van der Waals surface area (Å²) in [7, 11) is 0. The van der Waals surface area contributed by atoms with Gasteiger partial charge in [-0.05, 0) is 11.8 Å². The van der Waals surface area contributed by atoms with E-state index in [9.17, 15) is 0 Å². The molecule has 56 valence electrons. The molecule has 0 bridgehead atoms. The molecule has 2 heteroatoms. The van der Waals surface area contributed by atoms with Crippen molar-refractivity contribution in [3.63, 3.8) is 0 Å². The summed E-state index contributed by atoms with van der Waals surface area (Å²) >= 11 is 3.32. The van der Waals surface area contributed by atoms with E-state index in [1.165, 1.54) is 6.42 Å². The molecule has 0 atom stereocenters. The van der Waals surface area contributed by atoms with E-state index in [1.807, 2.05) is 0 Å². The SMILES string of the molecule is CCC(C)(C)CNCBr. The van der Waals surface area contributed by atoms with Crippen molar-refractivity contribution in [1.29, 1.82) is 0 Å². The fourth-order valence-electron chi connectivity index (χ4n) is 0.511. The van der Waals surface area contributed by atoms with E-state index in [-0.39, 0.29) is 0 Å². The first-order chi connectivity index (χ1) is 4.12. The van der Waals surface area contributed by atoms with Crippen LogP contribution in [0.4, 0.5) is 0 Å². The van der Waals surface area contributed by atoms with Crippen molar-refractivity contribution in [2.45, 2.75) is 27.2 Å². The van der Waals surface area contributed by atoms with E-state index in [0.717, 1.165) is 12.0 Å². The summed E-state index contributed by atoms with van der Waals surface area (Å²) in [6.07, 6.45) is 1.23. The molecule has 0 aliphatic heterocycles. The lowest BCUT2D eigenvalue weighted by molar-refractivity contribution is 0.338. The Balaban J connectivity index is 3.33. The Morgan fingerprint density at radius 1 is 1.44 bits per heavy atom. The fourth-order valence-corrected chi connectivity index (χ4v) is 0.709. The lowest BCUT2D eigenvalue weighted by Gasteiger charge is -2.21. The Kier molecular flexibility index (Phi) is 4.50. The van der Waals surface area contributed by atoms with Gasteiger partial charge in [-0.3, -0.25) is 0 Å². The highest BCUT2D eigenvalue weighted by atomic mass is 79.9. The third-order valence-corrected chi connectivity index (χ3v) is 2.05. The van der Waals surface area contributed by atoms with Gasteiger partial charge in [0.2, 0.25) is 0 Å². The predicted octanol–water partition coefficient (Wildman–Crippen LogP) is 2.36. The molecule has 0 fully saturated rings. The van der Waals surface area contributed by atoms with Crippen LogP contribution in [0.2, 0.25) is 0 Å². The largest absolute Gasteiger partial charge is 0.307 e. The van der Waals surface area contributed by atoms with Gasteiger partial charge < -0.3 is 5.32 Å². The highest BCUT2D eigenvalue weighted by Gasteiger charge is 2.12. The normalized spacial score (nSPS) is 12.0. The molecule has 0 aliphatic rings. The number of hydrogen-bond acceptors (Lipinski definition) is 1. The summed E-state index contributed by atoms with van der Waals surface area (Å²) in [5.41, 5.74) is 1.35. The summed E-state index contributed by atoms with van der Waals surface area (Å²) in [5, 5.41) is 3.26. The molecule has 0 heterocycles. The highest BCUT2D eigenvalue weighted by molar-refractivity contribution is 9.09. The van der Waals surface area contributed by atoms with E-state index < -0.39 is 0 Å². The fraction of sp³-hybridized carbons (Fsp3) is 1.00. The minimum Gasteiger partial charge on any atom is -0.307 e. The van der Waals surface area contributed by atoms with Crippen molar-refractivity contribution >= 4 is 15.9 Å². The maximum absolute atomic E-state index is 3.32. The summed E-state index contributed by atoms with van der Waals surface area (Å²) in [6.45, 7) is 7.84. The summed E-state index contributed by atoms with van der Waals surface area (Å²) in [6, 6.07) is 0. The monoisotopic (exact) mass is 193 g/mol. The van der Waals surface area contributed by atoms with Crippen LogP contribution in [0.5, 0.6) is 0 Å². The van der Waals surface area contributed by atoms with Crippen molar-refractivity contribution < 1.29 is 0 Å². The zero-order valence-electron chi connectivity index (χ0n) is 6.50. The Hall–Kier alpha value is 0.440. The Morgan fingerprint density at radius 2 is 2.00 bits per heavy atom. The maximum Gasteiger partial charge on any atom is 0.0517 e. The molecule has 0 radical (unpaired) electrons. The molecular formula is C7H16BrN. The van der Waals surface area contributed by atoms with Crippen molar-refractivity contribution in [3.8, 4) is 0 Å². The van der Waals surface area contributed by atoms with Crippen LogP contribution in [-0.2, 0) is 0 Å². The molecule has 0 rings (SSSR count). The third-order valence-electron chi connectivity index (χ3n) is 1.66. The lowest BCUT2D eigenvalue weighted by atomic mass is 9.90. The molecule has 0 aromatic rings. The van der Waals surface area contributed by atoms with E-state index in [2.05, 4.69) is 42.0 Å². The van der Waals surface area contributed by atoms with Gasteiger partial charge in [-0.25, -0.2) is 0 Å². The second-order valence-electron chi connectivity index (χ2n) is 3.08. The van der Waals surface area contributed by atoms with Gasteiger partial charge >= 0.3 is 0 Å². The van der Waals surface area contributed by atoms with Crippen LogP contribution in [0, 0.1) is 5.41 Å². The van der Waals surface area contributed by atoms with Crippen molar-refractivity contribution in [3.05, 3.63) is 0 Å². The van der Waals surface area contributed by atoms with Crippen LogP contribution in [0.1, 0.15) is 27.2 Å². The predicted molar refractivity (Wildman–Crippen MR) is 45.9 cm³/mol. The molecule has 0 aliphatic carbocycles. The molecule has 0 unspecified atom stereocenters. The van der Waals surface area contributed by atoms with Gasteiger partial charge in [0.25, 0.3) is 0 Å². The van der Waals surface area contributed by atoms with E-state index in [4.69, 9.17) is 0 Å². The zero-order chi connectivity index (χ0) is 7.33. The first kappa shape index (κ1) is 9.44. The standard InChI is InChI=1S/C7H16BrN/c1-4-7(2,3)5-9-6-8/h9H,4-6H2,1-3H3. The first-order valence-electron chi connectivity index (χ1n) is 3.39. The smallest absolute Gasteiger partial charge is 0.0517 e. The number of rotatable bonds is 4. The molecule has 1 N–H and O–H groups in total. The van der Waals surface area contributed by atoms with E-state index in [1.54, 1.807) is 0 Å². The summed E-state index contributed by atoms with van der Waals surface area (Å²) < 4.78 is 0. The molecule has 0 aromatic heterocycles. The summed E-state index contributed by atoms with van der Waals surface area (Å²) in [4.78, 5) is 0. The van der Waals surface area contributed by atoms with Gasteiger partial charge in [-0.15, -0.1) is 0 Å². The highest BCUT2D eigenvalue weighted by Crippen LogP contribution is 2.17. The Labute approximate surface area is 66.3 Å². The molecule has 9 heavy (non-hydrogen) atoms. The first-order valence-corrected chi connectivity index (χ1v) is 4.51. The number of nitrogens with one attached hydrogen (secondary N) is 1. The molecule has 0 saturated heterocycles. The maximum atomic E-state index is 3.32. The van der Waals surface area contributed by atoms with Gasteiger partial charge in [-0.1, -0.05) is 36.7 Å². The molecule has 1 nitrogen and oxygen atoms in total. The number of hydrogen-bond donors (Lipinski definition) is 1. The van der Waals surface area contributed by atoms with Gasteiger partial charge in [0.05, 0.1) is 5.45 Å². The summed E-state index contributed by atoms with van der Waals surface area (Å²) in [5.74, 6) is 0. The quantitative estimate of drug-likeness (QED) is 0.535. The van der Waals surface area contributed by atoms with E-state index >= 15 is 0 Å². The Morgan fingerprint density at radius 3 is 2.33 bits per heavy atom. The van der Waals surface area contributed by atoms with Gasteiger partial charge in [0.1, 0.15) is 0 Å². The minimum absolute atomic E-state index is 0.452. The van der Waals surface area contributed by atoms with E-state index in [0.29, 0.717) is 5.41 Å². The second kappa shape index (κ2) is 4.29. The Bertz CT molecular complexity index is 71.3. The van der Waals surface area contributed by atoms with Crippen LogP contribution < -0.4 is 5.32 Å². The van der Waals surface area contributed by atoms with Crippen LogP contribution >= 0.6 is 15.9 Å². The average Bonchev–Trinajstić information content (AvgIpc) is 1.84. The number of alkyl halides is 1. The van der Waals surface area contributed by atoms with Crippen LogP contribution in [0.15, 0.2) is 0 Å². The van der Waals surface area contributed by atoms with Gasteiger partial charge in [0, 0.05) is 6.54 Å². The van der Waals surface area contributed by atoms with Gasteiger partial charge in [-0.2, -0.15) is 0 Å². The van der Waals surface area contributed by atoms with Crippen molar-refractivity contribution in [2.75, 3.05) is 12.0 Å². The van der Waals surface area contributed by atoms with Crippen molar-refractivity contribution in [1.82, 2.24) is 5.32 Å². The topological polar surface area (TPSA) is 12.0 Å². The van der Waals surface area contributed by atoms with Crippen molar-refractivity contribution in [2.24, 2.45) is 5.41 Å². The minimum atomic E-state index is 0.452. The van der Waals surface area contributed by atoms with Crippen LogP contribution in [0.25, 0.3) is 0 Å². The lowest BCUT2D eigenvalue weighted by Crippen LogP contribution is -2.27. The molecule has 0 spiro atoms. The molecule has 0 aromatic carbocycles. The van der Waals surface area contributed by atoms with Crippen LogP contribution in [-0.4, -0.2) is 12.0 Å². The zero-order valence-corrected chi connectivity index (χ0v) is 8.09. The molecule has 0 amide bonds.